The molecule has 0 saturated heterocycles. The SMILES string of the molecule is O=c1c2c3c(sc2nc(-c2cccc(Cl)c2)n1Cc1ccccc1)CCCC3. The van der Waals surface area contributed by atoms with Crippen molar-refractivity contribution in [3.8, 4) is 11.4 Å². The molecule has 28 heavy (non-hydrogen) atoms. The van der Waals surface area contributed by atoms with Crippen LogP contribution in [0.2, 0.25) is 5.02 Å². The van der Waals surface area contributed by atoms with Crippen molar-refractivity contribution in [3.63, 3.8) is 0 Å². The molecule has 1 aliphatic rings. The highest BCUT2D eigenvalue weighted by Gasteiger charge is 2.22. The van der Waals surface area contributed by atoms with E-state index >= 15 is 0 Å². The number of aryl methyl sites for hydroxylation is 2. The third-order valence-electron chi connectivity index (χ3n) is 5.34. The van der Waals surface area contributed by atoms with E-state index in [0.29, 0.717) is 17.4 Å². The first-order valence-electron chi connectivity index (χ1n) is 9.55. The lowest BCUT2D eigenvalue weighted by atomic mass is 9.97. The van der Waals surface area contributed by atoms with Crippen molar-refractivity contribution in [2.24, 2.45) is 0 Å². The molecule has 2 aromatic carbocycles. The summed E-state index contributed by atoms with van der Waals surface area (Å²) >= 11 is 7.92. The van der Waals surface area contributed by atoms with Crippen molar-refractivity contribution in [2.45, 2.75) is 32.2 Å². The number of hydrogen-bond donors (Lipinski definition) is 0. The average molecular weight is 407 g/mol. The summed E-state index contributed by atoms with van der Waals surface area (Å²) in [6.07, 6.45) is 4.38. The molecule has 5 heteroatoms. The van der Waals surface area contributed by atoms with Gasteiger partial charge >= 0.3 is 0 Å². The second kappa shape index (κ2) is 7.19. The van der Waals surface area contributed by atoms with Gasteiger partial charge in [0.1, 0.15) is 10.7 Å². The number of aromatic nitrogens is 2. The molecule has 0 fully saturated rings. The third kappa shape index (κ3) is 3.07. The lowest BCUT2D eigenvalue weighted by molar-refractivity contribution is 0.698. The predicted molar refractivity (Wildman–Crippen MR) is 117 cm³/mol. The Labute approximate surface area is 172 Å². The van der Waals surface area contributed by atoms with Gasteiger partial charge in [0.05, 0.1) is 11.9 Å². The number of nitrogens with zero attached hydrogens (tertiary/aromatic N) is 2. The highest BCUT2D eigenvalue weighted by molar-refractivity contribution is 7.18. The van der Waals surface area contributed by atoms with Gasteiger partial charge in [0, 0.05) is 15.5 Å². The summed E-state index contributed by atoms with van der Waals surface area (Å²) in [6.45, 7) is 0.495. The van der Waals surface area contributed by atoms with Gasteiger partial charge in [-0.05, 0) is 48.9 Å². The summed E-state index contributed by atoms with van der Waals surface area (Å²) in [5.41, 5.74) is 3.23. The minimum Gasteiger partial charge on any atom is -0.288 e. The van der Waals surface area contributed by atoms with Gasteiger partial charge in [-0.3, -0.25) is 9.36 Å². The monoisotopic (exact) mass is 406 g/mol. The second-order valence-electron chi connectivity index (χ2n) is 7.21. The van der Waals surface area contributed by atoms with Gasteiger partial charge in [-0.15, -0.1) is 11.3 Å². The van der Waals surface area contributed by atoms with E-state index in [1.807, 2.05) is 59.2 Å². The number of fused-ring (bicyclic) bond motifs is 3. The minimum atomic E-state index is 0.0585. The number of thiophene rings is 1. The van der Waals surface area contributed by atoms with Crippen molar-refractivity contribution >= 4 is 33.2 Å². The fourth-order valence-electron chi connectivity index (χ4n) is 4.00. The van der Waals surface area contributed by atoms with E-state index in [0.717, 1.165) is 40.6 Å². The van der Waals surface area contributed by atoms with Crippen LogP contribution in [-0.4, -0.2) is 9.55 Å². The zero-order valence-electron chi connectivity index (χ0n) is 15.3. The molecule has 4 aromatic rings. The Bertz CT molecular complexity index is 1230. The summed E-state index contributed by atoms with van der Waals surface area (Å²) < 4.78 is 1.81. The fraction of sp³-hybridized carbons (Fsp3) is 0.217. The zero-order valence-corrected chi connectivity index (χ0v) is 16.9. The second-order valence-corrected chi connectivity index (χ2v) is 8.73. The lowest BCUT2D eigenvalue weighted by Crippen LogP contribution is -2.24. The van der Waals surface area contributed by atoms with Gasteiger partial charge in [-0.2, -0.15) is 0 Å². The minimum absolute atomic E-state index is 0.0585. The van der Waals surface area contributed by atoms with Crippen LogP contribution in [0, 0.1) is 0 Å². The highest BCUT2D eigenvalue weighted by Crippen LogP contribution is 2.35. The molecule has 5 rings (SSSR count). The van der Waals surface area contributed by atoms with Crippen molar-refractivity contribution in [3.05, 3.63) is 86.0 Å². The van der Waals surface area contributed by atoms with Crippen LogP contribution < -0.4 is 5.56 Å². The molecule has 0 spiro atoms. The molecule has 2 aromatic heterocycles. The molecule has 0 aliphatic heterocycles. The van der Waals surface area contributed by atoms with Crippen LogP contribution >= 0.6 is 22.9 Å². The molecule has 0 atom stereocenters. The van der Waals surface area contributed by atoms with Crippen LogP contribution in [-0.2, 0) is 19.4 Å². The molecule has 0 saturated carbocycles. The van der Waals surface area contributed by atoms with Gasteiger partial charge in [0.25, 0.3) is 5.56 Å². The van der Waals surface area contributed by atoms with Crippen molar-refractivity contribution < 1.29 is 0 Å². The van der Waals surface area contributed by atoms with Crippen LogP contribution in [0.1, 0.15) is 28.8 Å². The molecule has 140 valence electrons. The van der Waals surface area contributed by atoms with E-state index in [-0.39, 0.29) is 5.56 Å². The quantitative estimate of drug-likeness (QED) is 0.437. The van der Waals surface area contributed by atoms with Crippen LogP contribution in [0.25, 0.3) is 21.6 Å². The Balaban J connectivity index is 1.79. The maximum atomic E-state index is 13.6. The summed E-state index contributed by atoms with van der Waals surface area (Å²) in [4.78, 5) is 20.8. The number of benzene rings is 2. The predicted octanol–water partition coefficient (Wildman–Crippen LogP) is 5.71. The fourth-order valence-corrected chi connectivity index (χ4v) is 5.44. The van der Waals surface area contributed by atoms with Crippen LogP contribution in [0.3, 0.4) is 0 Å². The number of hydrogen-bond acceptors (Lipinski definition) is 3. The van der Waals surface area contributed by atoms with Gasteiger partial charge in [-0.25, -0.2) is 4.98 Å². The number of halogens is 1. The van der Waals surface area contributed by atoms with E-state index in [2.05, 4.69) is 0 Å². The number of rotatable bonds is 3. The first-order valence-corrected chi connectivity index (χ1v) is 10.7. The molecule has 0 amide bonds. The maximum Gasteiger partial charge on any atom is 0.263 e. The van der Waals surface area contributed by atoms with Gasteiger partial charge < -0.3 is 0 Å². The first-order chi connectivity index (χ1) is 13.7. The topological polar surface area (TPSA) is 34.9 Å². The molecule has 1 aliphatic carbocycles. The summed E-state index contributed by atoms with van der Waals surface area (Å²) in [6, 6.07) is 17.7. The van der Waals surface area contributed by atoms with Gasteiger partial charge in [0.15, 0.2) is 0 Å². The summed E-state index contributed by atoms with van der Waals surface area (Å²) in [5.74, 6) is 0.683. The average Bonchev–Trinajstić information content (AvgIpc) is 3.09. The maximum absolute atomic E-state index is 13.6. The molecule has 3 nitrogen and oxygen atoms in total. The van der Waals surface area contributed by atoms with Crippen LogP contribution in [0.4, 0.5) is 0 Å². The first kappa shape index (κ1) is 17.7. The van der Waals surface area contributed by atoms with E-state index < -0.39 is 0 Å². The lowest BCUT2D eigenvalue weighted by Gasteiger charge is -2.14. The molecular weight excluding hydrogens is 388 g/mol. The summed E-state index contributed by atoms with van der Waals surface area (Å²) in [7, 11) is 0. The Morgan fingerprint density at radius 2 is 1.86 bits per heavy atom. The summed E-state index contributed by atoms with van der Waals surface area (Å²) in [5, 5.41) is 1.46. The standard InChI is InChI=1S/C23H19ClN2OS/c24-17-10-6-9-16(13-17)21-25-22-20(18-11-4-5-12-19(18)28-22)23(27)26(21)14-15-7-2-1-3-8-15/h1-3,6-10,13H,4-5,11-12,14H2. The van der Waals surface area contributed by atoms with Crippen molar-refractivity contribution in [1.82, 2.24) is 9.55 Å². The Kier molecular flexibility index (Phi) is 4.53. The van der Waals surface area contributed by atoms with Crippen LogP contribution in [0.15, 0.2) is 59.4 Å². The molecule has 0 N–H and O–H groups in total. The third-order valence-corrected chi connectivity index (χ3v) is 6.76. The zero-order chi connectivity index (χ0) is 19.1. The molecule has 0 bridgehead atoms. The largest absolute Gasteiger partial charge is 0.288 e. The molecule has 0 unspecified atom stereocenters. The highest BCUT2D eigenvalue weighted by atomic mass is 35.5. The smallest absolute Gasteiger partial charge is 0.263 e. The molecule has 2 heterocycles. The van der Waals surface area contributed by atoms with Gasteiger partial charge in [0.2, 0.25) is 0 Å². The Hall–Kier alpha value is -2.43. The van der Waals surface area contributed by atoms with Gasteiger partial charge in [-0.1, -0.05) is 54.1 Å². The van der Waals surface area contributed by atoms with E-state index in [1.165, 1.54) is 16.9 Å². The van der Waals surface area contributed by atoms with E-state index in [9.17, 15) is 4.79 Å². The van der Waals surface area contributed by atoms with Crippen molar-refractivity contribution in [1.29, 1.82) is 0 Å². The Morgan fingerprint density at radius 3 is 2.68 bits per heavy atom. The normalized spacial score (nSPS) is 13.6. The Morgan fingerprint density at radius 1 is 1.04 bits per heavy atom. The van der Waals surface area contributed by atoms with Crippen LogP contribution in [0.5, 0.6) is 0 Å². The van der Waals surface area contributed by atoms with E-state index in [1.54, 1.807) is 11.3 Å². The van der Waals surface area contributed by atoms with Crippen molar-refractivity contribution in [2.75, 3.05) is 0 Å². The molecular formula is C23H19ClN2OS. The molecule has 0 radical (unpaired) electrons. The van der Waals surface area contributed by atoms with E-state index in [4.69, 9.17) is 16.6 Å².